The van der Waals surface area contributed by atoms with Gasteiger partial charge in [0.1, 0.15) is 0 Å². The normalized spacial score (nSPS) is 21.5. The molecule has 2 aromatic rings. The number of nitrogens with one attached hydrogen (secondary N) is 2. The van der Waals surface area contributed by atoms with Crippen LogP contribution in [0.2, 0.25) is 0 Å². The third kappa shape index (κ3) is 4.02. The number of piperidine rings is 1. The first-order valence-corrected chi connectivity index (χ1v) is 9.98. The Balaban J connectivity index is 1.30. The molecule has 1 atom stereocenters. The fraction of sp³-hybridized carbons (Fsp3) is 0.474. The third-order valence-electron chi connectivity index (χ3n) is 5.17. The molecule has 0 spiro atoms. The smallest absolute Gasteiger partial charge is 0.220 e. The molecule has 6 heteroatoms. The van der Waals surface area contributed by atoms with Crippen molar-refractivity contribution in [2.75, 3.05) is 24.5 Å². The van der Waals surface area contributed by atoms with E-state index in [-0.39, 0.29) is 5.91 Å². The van der Waals surface area contributed by atoms with E-state index in [0.717, 1.165) is 44.6 Å². The van der Waals surface area contributed by atoms with E-state index in [1.165, 1.54) is 11.3 Å². The van der Waals surface area contributed by atoms with Gasteiger partial charge in [-0.3, -0.25) is 4.79 Å². The predicted octanol–water partition coefficient (Wildman–Crippen LogP) is 2.65. The minimum atomic E-state index is 0.196. The van der Waals surface area contributed by atoms with E-state index in [0.29, 0.717) is 18.5 Å². The number of amides is 1. The summed E-state index contributed by atoms with van der Waals surface area (Å²) in [5.74, 6) is 0.196. The van der Waals surface area contributed by atoms with Crippen molar-refractivity contribution in [3.8, 4) is 11.3 Å². The molecule has 2 aliphatic heterocycles. The molecule has 2 aliphatic rings. The molecular weight excluding hydrogens is 332 g/mol. The lowest BCUT2D eigenvalue weighted by molar-refractivity contribution is -0.119. The van der Waals surface area contributed by atoms with Crippen LogP contribution in [0.4, 0.5) is 5.69 Å². The van der Waals surface area contributed by atoms with Crippen LogP contribution in [-0.2, 0) is 4.79 Å². The monoisotopic (exact) mass is 356 g/mol. The molecule has 132 valence electrons. The molecule has 0 radical (unpaired) electrons. The highest BCUT2D eigenvalue weighted by Crippen LogP contribution is 2.26. The Bertz CT molecular complexity index is 710. The summed E-state index contributed by atoms with van der Waals surface area (Å²) in [6.07, 6.45) is 3.93. The summed E-state index contributed by atoms with van der Waals surface area (Å²) in [4.78, 5) is 18.1. The molecule has 1 aromatic carbocycles. The van der Waals surface area contributed by atoms with Crippen molar-refractivity contribution in [2.24, 2.45) is 0 Å². The molecule has 4 rings (SSSR count). The number of benzene rings is 1. The number of thiazole rings is 1. The van der Waals surface area contributed by atoms with E-state index >= 15 is 0 Å². The Labute approximate surface area is 152 Å². The summed E-state index contributed by atoms with van der Waals surface area (Å²) in [7, 11) is 0. The van der Waals surface area contributed by atoms with Gasteiger partial charge in [0, 0.05) is 54.8 Å². The van der Waals surface area contributed by atoms with Gasteiger partial charge in [-0.15, -0.1) is 11.3 Å². The highest BCUT2D eigenvalue weighted by molar-refractivity contribution is 7.07. The van der Waals surface area contributed by atoms with Gasteiger partial charge in [-0.2, -0.15) is 0 Å². The van der Waals surface area contributed by atoms with Crippen molar-refractivity contribution >= 4 is 22.9 Å². The number of hydrogen-bond donors (Lipinski definition) is 2. The van der Waals surface area contributed by atoms with E-state index in [2.05, 4.69) is 50.2 Å². The van der Waals surface area contributed by atoms with Crippen LogP contribution in [0.1, 0.15) is 25.7 Å². The SMILES string of the molecule is O=C1CCC(CNC2CCN(c3cccc(-c4cscn4)c3)CC2)N1. The molecule has 2 N–H and O–H groups in total. The van der Waals surface area contributed by atoms with Crippen LogP contribution >= 0.6 is 11.3 Å². The molecule has 1 amide bonds. The highest BCUT2D eigenvalue weighted by Gasteiger charge is 2.23. The lowest BCUT2D eigenvalue weighted by Gasteiger charge is -2.34. The van der Waals surface area contributed by atoms with Gasteiger partial charge >= 0.3 is 0 Å². The second-order valence-corrected chi connectivity index (χ2v) is 7.62. The van der Waals surface area contributed by atoms with Crippen LogP contribution in [0.15, 0.2) is 35.2 Å². The molecule has 2 fully saturated rings. The maximum absolute atomic E-state index is 11.3. The summed E-state index contributed by atoms with van der Waals surface area (Å²) >= 11 is 1.63. The number of rotatable bonds is 5. The second kappa shape index (κ2) is 7.54. The molecule has 25 heavy (non-hydrogen) atoms. The first kappa shape index (κ1) is 16.5. The standard InChI is InChI=1S/C19H24N4OS/c24-19-5-4-16(22-19)11-20-15-6-8-23(9-7-15)17-3-1-2-14(10-17)18-12-25-13-21-18/h1-3,10,12-13,15-16,20H,4-9,11H2,(H,22,24). The molecule has 2 saturated heterocycles. The maximum Gasteiger partial charge on any atom is 0.220 e. The first-order valence-electron chi connectivity index (χ1n) is 9.04. The van der Waals surface area contributed by atoms with Gasteiger partial charge in [-0.05, 0) is 31.4 Å². The number of carbonyl (C=O) groups excluding carboxylic acids is 1. The quantitative estimate of drug-likeness (QED) is 0.865. The van der Waals surface area contributed by atoms with E-state index < -0.39 is 0 Å². The Morgan fingerprint density at radius 1 is 1.28 bits per heavy atom. The van der Waals surface area contributed by atoms with Crippen molar-refractivity contribution in [3.63, 3.8) is 0 Å². The van der Waals surface area contributed by atoms with Gasteiger partial charge in [0.2, 0.25) is 5.91 Å². The van der Waals surface area contributed by atoms with Gasteiger partial charge in [-0.1, -0.05) is 12.1 Å². The molecule has 3 heterocycles. The van der Waals surface area contributed by atoms with Crippen molar-refractivity contribution < 1.29 is 4.79 Å². The zero-order valence-electron chi connectivity index (χ0n) is 14.3. The number of hydrogen-bond acceptors (Lipinski definition) is 5. The number of carbonyl (C=O) groups is 1. The van der Waals surface area contributed by atoms with E-state index in [4.69, 9.17) is 0 Å². The van der Waals surface area contributed by atoms with Crippen LogP contribution in [0.3, 0.4) is 0 Å². The molecular formula is C19H24N4OS. The van der Waals surface area contributed by atoms with Crippen molar-refractivity contribution in [3.05, 3.63) is 35.2 Å². The average Bonchev–Trinajstić information content (AvgIpc) is 3.32. The largest absolute Gasteiger partial charge is 0.371 e. The van der Waals surface area contributed by atoms with Crippen LogP contribution in [0.5, 0.6) is 0 Å². The van der Waals surface area contributed by atoms with Crippen molar-refractivity contribution in [2.45, 2.75) is 37.8 Å². The molecule has 0 bridgehead atoms. The number of aromatic nitrogens is 1. The Morgan fingerprint density at radius 2 is 2.16 bits per heavy atom. The van der Waals surface area contributed by atoms with Crippen LogP contribution in [0.25, 0.3) is 11.3 Å². The topological polar surface area (TPSA) is 57.3 Å². The van der Waals surface area contributed by atoms with Crippen LogP contribution in [0, 0.1) is 0 Å². The third-order valence-corrected chi connectivity index (χ3v) is 5.76. The minimum Gasteiger partial charge on any atom is -0.371 e. The van der Waals surface area contributed by atoms with Crippen LogP contribution < -0.4 is 15.5 Å². The first-order chi connectivity index (χ1) is 12.3. The van der Waals surface area contributed by atoms with Crippen LogP contribution in [-0.4, -0.2) is 42.6 Å². The summed E-state index contributed by atoms with van der Waals surface area (Å²) in [6, 6.07) is 9.56. The molecule has 5 nitrogen and oxygen atoms in total. The van der Waals surface area contributed by atoms with Gasteiger partial charge in [0.25, 0.3) is 0 Å². The maximum atomic E-state index is 11.3. The summed E-state index contributed by atoms with van der Waals surface area (Å²) in [5.41, 5.74) is 5.41. The zero-order valence-corrected chi connectivity index (χ0v) is 15.1. The fourth-order valence-electron chi connectivity index (χ4n) is 3.70. The Morgan fingerprint density at radius 3 is 2.88 bits per heavy atom. The predicted molar refractivity (Wildman–Crippen MR) is 102 cm³/mol. The number of nitrogens with zero attached hydrogens (tertiary/aromatic N) is 2. The van der Waals surface area contributed by atoms with Gasteiger partial charge in [0.05, 0.1) is 11.2 Å². The van der Waals surface area contributed by atoms with Crippen molar-refractivity contribution in [1.29, 1.82) is 0 Å². The minimum absolute atomic E-state index is 0.196. The Hall–Kier alpha value is -1.92. The Kier molecular flexibility index (Phi) is 4.99. The molecule has 0 aliphatic carbocycles. The molecule has 0 saturated carbocycles. The second-order valence-electron chi connectivity index (χ2n) is 6.90. The zero-order chi connectivity index (χ0) is 17.1. The average molecular weight is 356 g/mol. The van der Waals surface area contributed by atoms with Gasteiger partial charge < -0.3 is 15.5 Å². The molecule has 1 aromatic heterocycles. The number of anilines is 1. The van der Waals surface area contributed by atoms with E-state index in [9.17, 15) is 4.79 Å². The lowest BCUT2D eigenvalue weighted by atomic mass is 10.0. The highest BCUT2D eigenvalue weighted by atomic mass is 32.1. The summed E-state index contributed by atoms with van der Waals surface area (Å²) < 4.78 is 0. The van der Waals surface area contributed by atoms with E-state index in [1.54, 1.807) is 11.3 Å². The lowest BCUT2D eigenvalue weighted by Crippen LogP contribution is -2.46. The molecule has 1 unspecified atom stereocenters. The van der Waals surface area contributed by atoms with Gasteiger partial charge in [-0.25, -0.2) is 4.98 Å². The van der Waals surface area contributed by atoms with Crippen molar-refractivity contribution in [1.82, 2.24) is 15.6 Å². The summed E-state index contributed by atoms with van der Waals surface area (Å²) in [6.45, 7) is 3.03. The van der Waals surface area contributed by atoms with E-state index in [1.807, 2.05) is 5.51 Å². The summed E-state index contributed by atoms with van der Waals surface area (Å²) in [5, 5.41) is 8.76. The fourth-order valence-corrected chi connectivity index (χ4v) is 4.26. The van der Waals surface area contributed by atoms with Gasteiger partial charge in [0.15, 0.2) is 0 Å².